The third-order valence-corrected chi connectivity index (χ3v) is 3.39. The van der Waals surface area contributed by atoms with Crippen LogP contribution in [0.2, 0.25) is 5.15 Å². The predicted molar refractivity (Wildman–Crippen MR) is 87.0 cm³/mol. The third-order valence-electron chi connectivity index (χ3n) is 3.19. The Balaban J connectivity index is 2.09. The zero-order valence-corrected chi connectivity index (χ0v) is 13.7. The number of nitrogens with zero attached hydrogens (tertiary/aromatic N) is 3. The maximum absolute atomic E-state index is 12.4. The Morgan fingerprint density at radius 1 is 1.22 bits per heavy atom. The molecule has 0 saturated carbocycles. The van der Waals surface area contributed by atoms with Crippen LogP contribution in [0, 0.1) is 0 Å². The number of halogens is 1. The van der Waals surface area contributed by atoms with Gasteiger partial charge in [-0.15, -0.1) is 10.2 Å². The van der Waals surface area contributed by atoms with Gasteiger partial charge in [-0.25, -0.2) is 0 Å². The average molecular weight is 334 g/mol. The van der Waals surface area contributed by atoms with E-state index in [1.807, 2.05) is 0 Å². The monoisotopic (exact) mass is 333 g/mol. The number of rotatable bonds is 5. The summed E-state index contributed by atoms with van der Waals surface area (Å²) < 4.78 is 5.62. The fourth-order valence-corrected chi connectivity index (χ4v) is 2.02. The SMILES string of the molecule is CC(=O)c1cccc(O[C@@H](C)C(=O)N(C)c2ccc(Cl)nn2)c1. The van der Waals surface area contributed by atoms with Gasteiger partial charge in [-0.1, -0.05) is 23.7 Å². The van der Waals surface area contributed by atoms with Gasteiger partial charge in [0.1, 0.15) is 5.75 Å². The van der Waals surface area contributed by atoms with Crippen molar-refractivity contribution in [3.05, 3.63) is 47.1 Å². The highest BCUT2D eigenvalue weighted by molar-refractivity contribution is 6.29. The van der Waals surface area contributed by atoms with Crippen molar-refractivity contribution in [3.63, 3.8) is 0 Å². The molecule has 2 aromatic rings. The van der Waals surface area contributed by atoms with Crippen LogP contribution in [-0.2, 0) is 4.79 Å². The summed E-state index contributed by atoms with van der Waals surface area (Å²) in [5.41, 5.74) is 0.527. The zero-order valence-electron chi connectivity index (χ0n) is 13.0. The van der Waals surface area contributed by atoms with Crippen LogP contribution in [0.4, 0.5) is 5.82 Å². The molecule has 1 aromatic carbocycles. The van der Waals surface area contributed by atoms with Crippen molar-refractivity contribution in [1.29, 1.82) is 0 Å². The number of ketones is 1. The second-order valence-electron chi connectivity index (χ2n) is 4.96. The smallest absolute Gasteiger partial charge is 0.268 e. The van der Waals surface area contributed by atoms with Crippen LogP contribution in [0.5, 0.6) is 5.75 Å². The first-order valence-corrected chi connectivity index (χ1v) is 7.30. The molecule has 2 rings (SSSR count). The minimum Gasteiger partial charge on any atom is -0.481 e. The molecule has 0 N–H and O–H groups in total. The zero-order chi connectivity index (χ0) is 17.0. The van der Waals surface area contributed by atoms with Gasteiger partial charge in [0.2, 0.25) is 0 Å². The largest absolute Gasteiger partial charge is 0.481 e. The molecule has 7 heteroatoms. The normalized spacial score (nSPS) is 11.7. The van der Waals surface area contributed by atoms with Gasteiger partial charge >= 0.3 is 0 Å². The lowest BCUT2D eigenvalue weighted by atomic mass is 10.1. The Hall–Kier alpha value is -2.47. The summed E-state index contributed by atoms with van der Waals surface area (Å²) in [4.78, 5) is 25.1. The predicted octanol–water partition coefficient (Wildman–Crippen LogP) is 2.76. The third kappa shape index (κ3) is 4.26. The Labute approximate surface area is 139 Å². The quantitative estimate of drug-likeness (QED) is 0.787. The molecule has 23 heavy (non-hydrogen) atoms. The maximum atomic E-state index is 12.4. The molecule has 0 bridgehead atoms. The number of carbonyl (C=O) groups excluding carboxylic acids is 2. The van der Waals surface area contributed by atoms with Crippen molar-refractivity contribution in [2.75, 3.05) is 11.9 Å². The van der Waals surface area contributed by atoms with E-state index in [9.17, 15) is 9.59 Å². The van der Waals surface area contributed by atoms with Crippen LogP contribution in [-0.4, -0.2) is 35.0 Å². The molecule has 0 aliphatic rings. The van der Waals surface area contributed by atoms with Crippen molar-refractivity contribution in [2.45, 2.75) is 20.0 Å². The summed E-state index contributed by atoms with van der Waals surface area (Å²) in [5, 5.41) is 7.80. The first-order valence-electron chi connectivity index (χ1n) is 6.93. The Bertz CT molecular complexity index is 719. The van der Waals surface area contributed by atoms with E-state index in [1.165, 1.54) is 11.8 Å². The lowest BCUT2D eigenvalue weighted by Crippen LogP contribution is -2.38. The molecular formula is C16H16ClN3O3. The molecule has 6 nitrogen and oxygen atoms in total. The minimum atomic E-state index is -0.750. The Morgan fingerprint density at radius 3 is 2.57 bits per heavy atom. The van der Waals surface area contributed by atoms with Crippen molar-refractivity contribution in [3.8, 4) is 5.75 Å². The molecule has 1 heterocycles. The van der Waals surface area contributed by atoms with E-state index in [0.717, 1.165) is 0 Å². The minimum absolute atomic E-state index is 0.0667. The molecule has 0 fully saturated rings. The molecule has 0 radical (unpaired) electrons. The van der Waals surface area contributed by atoms with Gasteiger partial charge < -0.3 is 4.74 Å². The molecule has 120 valence electrons. The molecule has 1 atom stereocenters. The Morgan fingerprint density at radius 2 is 1.96 bits per heavy atom. The van der Waals surface area contributed by atoms with E-state index in [0.29, 0.717) is 17.1 Å². The molecule has 0 unspecified atom stereocenters. The van der Waals surface area contributed by atoms with Crippen molar-refractivity contribution in [2.24, 2.45) is 0 Å². The standard InChI is InChI=1S/C16H16ClN3O3/c1-10(21)12-5-4-6-13(9-12)23-11(2)16(22)20(3)15-8-7-14(17)18-19-15/h4-9,11H,1-3H3/t11-/m0/s1. The van der Waals surface area contributed by atoms with Crippen molar-refractivity contribution < 1.29 is 14.3 Å². The van der Waals surface area contributed by atoms with Crippen LogP contribution < -0.4 is 9.64 Å². The Kier molecular flexibility index (Phi) is 5.28. The van der Waals surface area contributed by atoms with Crippen LogP contribution >= 0.6 is 11.6 Å². The number of likely N-dealkylation sites (N-methyl/N-ethyl adjacent to an activating group) is 1. The lowest BCUT2D eigenvalue weighted by molar-refractivity contribution is -0.124. The number of ether oxygens (including phenoxy) is 1. The molecule has 1 aromatic heterocycles. The van der Waals surface area contributed by atoms with E-state index in [-0.39, 0.29) is 16.8 Å². The fraction of sp³-hybridized carbons (Fsp3) is 0.250. The number of aromatic nitrogens is 2. The van der Waals surface area contributed by atoms with Crippen LogP contribution in [0.1, 0.15) is 24.2 Å². The summed E-state index contributed by atoms with van der Waals surface area (Å²) in [6.07, 6.45) is -0.750. The molecular weight excluding hydrogens is 318 g/mol. The van der Waals surface area contributed by atoms with Gasteiger partial charge in [-0.3, -0.25) is 14.5 Å². The molecule has 0 aliphatic carbocycles. The van der Waals surface area contributed by atoms with Crippen LogP contribution in [0.15, 0.2) is 36.4 Å². The second kappa shape index (κ2) is 7.19. The average Bonchev–Trinajstić information content (AvgIpc) is 2.54. The summed E-state index contributed by atoms with van der Waals surface area (Å²) in [7, 11) is 1.58. The van der Waals surface area contributed by atoms with Gasteiger partial charge in [0.15, 0.2) is 22.9 Å². The van der Waals surface area contributed by atoms with E-state index < -0.39 is 6.10 Å². The summed E-state index contributed by atoms with van der Waals surface area (Å²) in [5.74, 6) is 0.458. The number of Topliss-reactive ketones (excluding diaryl/α,β-unsaturated/α-hetero) is 1. The number of benzene rings is 1. The molecule has 0 saturated heterocycles. The number of carbonyl (C=O) groups is 2. The van der Waals surface area contributed by atoms with E-state index in [2.05, 4.69) is 10.2 Å². The lowest BCUT2D eigenvalue weighted by Gasteiger charge is -2.21. The van der Waals surface area contributed by atoms with E-state index in [4.69, 9.17) is 16.3 Å². The van der Waals surface area contributed by atoms with Crippen molar-refractivity contribution >= 4 is 29.1 Å². The van der Waals surface area contributed by atoms with Gasteiger partial charge in [0.25, 0.3) is 5.91 Å². The van der Waals surface area contributed by atoms with Crippen LogP contribution in [0.25, 0.3) is 0 Å². The molecule has 0 aliphatic heterocycles. The highest BCUT2D eigenvalue weighted by atomic mass is 35.5. The van der Waals surface area contributed by atoms with Gasteiger partial charge in [-0.2, -0.15) is 0 Å². The molecule has 1 amide bonds. The first-order chi connectivity index (χ1) is 10.9. The van der Waals surface area contributed by atoms with Crippen LogP contribution in [0.3, 0.4) is 0 Å². The fourth-order valence-electron chi connectivity index (χ4n) is 1.92. The van der Waals surface area contributed by atoms with Gasteiger partial charge in [0.05, 0.1) is 0 Å². The van der Waals surface area contributed by atoms with Crippen molar-refractivity contribution in [1.82, 2.24) is 10.2 Å². The first kappa shape index (κ1) is 16.9. The molecule has 0 spiro atoms. The number of anilines is 1. The highest BCUT2D eigenvalue weighted by Gasteiger charge is 2.21. The maximum Gasteiger partial charge on any atom is 0.268 e. The van der Waals surface area contributed by atoms with E-state index in [1.54, 1.807) is 50.4 Å². The van der Waals surface area contributed by atoms with Gasteiger partial charge in [-0.05, 0) is 38.1 Å². The summed E-state index contributed by atoms with van der Waals surface area (Å²) in [6.45, 7) is 3.10. The number of hydrogen-bond acceptors (Lipinski definition) is 5. The summed E-state index contributed by atoms with van der Waals surface area (Å²) in [6, 6.07) is 9.84. The highest BCUT2D eigenvalue weighted by Crippen LogP contribution is 2.17. The number of hydrogen-bond donors (Lipinski definition) is 0. The summed E-state index contributed by atoms with van der Waals surface area (Å²) >= 11 is 5.68. The topological polar surface area (TPSA) is 72.4 Å². The number of amides is 1. The second-order valence-corrected chi connectivity index (χ2v) is 5.34. The van der Waals surface area contributed by atoms with E-state index >= 15 is 0 Å². The van der Waals surface area contributed by atoms with Gasteiger partial charge in [0, 0.05) is 12.6 Å².